The van der Waals surface area contributed by atoms with Gasteiger partial charge in [-0.25, -0.2) is 0 Å². The molecule has 1 N–H and O–H groups in total. The van der Waals surface area contributed by atoms with Gasteiger partial charge >= 0.3 is 0 Å². The Kier molecular flexibility index (Phi) is 5.48. The molecular formula is C17H28N2O2. The topological polar surface area (TPSA) is 33.7 Å². The average molecular weight is 292 g/mol. The third-order valence-corrected chi connectivity index (χ3v) is 4.37. The molecule has 1 aliphatic heterocycles. The van der Waals surface area contributed by atoms with Gasteiger partial charge in [-0.05, 0) is 30.5 Å². The molecule has 1 saturated heterocycles. The minimum absolute atomic E-state index is 0.549. The van der Waals surface area contributed by atoms with Gasteiger partial charge in [-0.3, -0.25) is 4.90 Å². The lowest BCUT2D eigenvalue weighted by molar-refractivity contribution is 0.116. The van der Waals surface area contributed by atoms with Crippen molar-refractivity contribution in [2.24, 2.45) is 5.92 Å². The highest BCUT2D eigenvalue weighted by Gasteiger charge is 2.26. The van der Waals surface area contributed by atoms with Gasteiger partial charge in [-0.1, -0.05) is 19.9 Å². The van der Waals surface area contributed by atoms with Crippen LogP contribution < -0.4 is 14.8 Å². The van der Waals surface area contributed by atoms with E-state index in [4.69, 9.17) is 9.47 Å². The van der Waals surface area contributed by atoms with Crippen molar-refractivity contribution in [3.63, 3.8) is 0 Å². The molecule has 1 heterocycles. The van der Waals surface area contributed by atoms with E-state index in [1.54, 1.807) is 14.2 Å². The first-order valence-corrected chi connectivity index (χ1v) is 7.73. The summed E-state index contributed by atoms with van der Waals surface area (Å²) in [4.78, 5) is 2.54. The molecule has 0 aliphatic carbocycles. The van der Waals surface area contributed by atoms with E-state index in [2.05, 4.69) is 43.1 Å². The van der Waals surface area contributed by atoms with Crippen LogP contribution in [0.15, 0.2) is 18.2 Å². The summed E-state index contributed by atoms with van der Waals surface area (Å²) in [5, 5.41) is 3.64. The maximum atomic E-state index is 5.40. The summed E-state index contributed by atoms with van der Waals surface area (Å²) in [7, 11) is 3.35. The van der Waals surface area contributed by atoms with Crippen molar-refractivity contribution in [2.75, 3.05) is 27.3 Å². The summed E-state index contributed by atoms with van der Waals surface area (Å²) in [6.07, 6.45) is 0. The Hall–Kier alpha value is -1.26. The Balaban J connectivity index is 2.09. The van der Waals surface area contributed by atoms with Crippen LogP contribution in [0.2, 0.25) is 0 Å². The lowest BCUT2D eigenvalue weighted by Crippen LogP contribution is -2.56. The van der Waals surface area contributed by atoms with Crippen molar-refractivity contribution >= 4 is 0 Å². The van der Waals surface area contributed by atoms with Gasteiger partial charge in [0.1, 0.15) is 0 Å². The Labute approximate surface area is 128 Å². The first-order chi connectivity index (χ1) is 10.0. The van der Waals surface area contributed by atoms with Gasteiger partial charge in [0, 0.05) is 31.7 Å². The Bertz CT molecular complexity index is 462. The molecule has 0 spiro atoms. The quantitative estimate of drug-likeness (QED) is 0.904. The molecule has 2 unspecified atom stereocenters. The van der Waals surface area contributed by atoms with Crippen LogP contribution in [0.5, 0.6) is 11.5 Å². The second-order valence-corrected chi connectivity index (χ2v) is 6.23. The monoisotopic (exact) mass is 292 g/mol. The SMILES string of the molecule is COc1ccc(CN2CC(C(C)C)NCC2C)cc1OC. The van der Waals surface area contributed by atoms with Crippen LogP contribution in [0.3, 0.4) is 0 Å². The average Bonchev–Trinajstić information content (AvgIpc) is 2.49. The largest absolute Gasteiger partial charge is 0.493 e. The van der Waals surface area contributed by atoms with Crippen molar-refractivity contribution in [1.29, 1.82) is 0 Å². The van der Waals surface area contributed by atoms with E-state index in [9.17, 15) is 0 Å². The predicted molar refractivity (Wildman–Crippen MR) is 86.0 cm³/mol. The normalized spacial score (nSPS) is 23.3. The maximum absolute atomic E-state index is 5.40. The van der Waals surface area contributed by atoms with E-state index in [1.165, 1.54) is 5.56 Å². The number of nitrogens with zero attached hydrogens (tertiary/aromatic N) is 1. The summed E-state index contributed by atoms with van der Waals surface area (Å²) < 4.78 is 10.7. The molecule has 1 aromatic rings. The molecule has 0 aromatic heterocycles. The molecule has 0 radical (unpaired) electrons. The summed E-state index contributed by atoms with van der Waals surface area (Å²) in [6, 6.07) is 7.31. The van der Waals surface area contributed by atoms with Gasteiger partial charge in [0.2, 0.25) is 0 Å². The van der Waals surface area contributed by atoms with Crippen molar-refractivity contribution < 1.29 is 9.47 Å². The molecule has 1 aromatic carbocycles. The fraction of sp³-hybridized carbons (Fsp3) is 0.647. The molecule has 1 aliphatic rings. The molecule has 2 atom stereocenters. The Morgan fingerprint density at radius 3 is 2.57 bits per heavy atom. The first-order valence-electron chi connectivity index (χ1n) is 7.73. The second kappa shape index (κ2) is 7.14. The molecule has 0 saturated carbocycles. The number of ether oxygens (including phenoxy) is 2. The van der Waals surface area contributed by atoms with Crippen LogP contribution in [-0.4, -0.2) is 44.3 Å². The number of piperazine rings is 1. The van der Waals surface area contributed by atoms with Gasteiger partial charge in [0.15, 0.2) is 11.5 Å². The van der Waals surface area contributed by atoms with E-state index >= 15 is 0 Å². The fourth-order valence-corrected chi connectivity index (χ4v) is 2.83. The minimum Gasteiger partial charge on any atom is -0.493 e. The zero-order chi connectivity index (χ0) is 15.4. The van der Waals surface area contributed by atoms with Crippen LogP contribution in [0.1, 0.15) is 26.3 Å². The van der Waals surface area contributed by atoms with Crippen LogP contribution in [0.25, 0.3) is 0 Å². The second-order valence-electron chi connectivity index (χ2n) is 6.23. The Morgan fingerprint density at radius 2 is 1.95 bits per heavy atom. The number of hydrogen-bond donors (Lipinski definition) is 1. The fourth-order valence-electron chi connectivity index (χ4n) is 2.83. The van der Waals surface area contributed by atoms with Crippen molar-refractivity contribution in [3.8, 4) is 11.5 Å². The van der Waals surface area contributed by atoms with Gasteiger partial charge in [-0.15, -0.1) is 0 Å². The highest BCUT2D eigenvalue weighted by atomic mass is 16.5. The standard InChI is InChI=1S/C17H28N2O2/c1-12(2)15-11-19(13(3)9-18-15)10-14-6-7-16(20-4)17(8-14)21-5/h6-8,12-13,15,18H,9-11H2,1-5H3. The molecule has 2 rings (SSSR count). The number of hydrogen-bond acceptors (Lipinski definition) is 4. The number of benzene rings is 1. The molecule has 0 amide bonds. The third kappa shape index (κ3) is 3.89. The molecule has 118 valence electrons. The molecule has 0 bridgehead atoms. The summed E-state index contributed by atoms with van der Waals surface area (Å²) in [5.74, 6) is 2.25. The van der Waals surface area contributed by atoms with E-state index in [0.29, 0.717) is 18.0 Å². The zero-order valence-corrected chi connectivity index (χ0v) is 13.8. The number of nitrogens with one attached hydrogen (secondary N) is 1. The summed E-state index contributed by atoms with van der Waals surface area (Å²) in [6.45, 7) is 9.94. The van der Waals surface area contributed by atoms with Crippen molar-refractivity contribution in [1.82, 2.24) is 10.2 Å². The maximum Gasteiger partial charge on any atom is 0.161 e. The van der Waals surface area contributed by atoms with Crippen LogP contribution in [0.4, 0.5) is 0 Å². The van der Waals surface area contributed by atoms with Crippen molar-refractivity contribution in [3.05, 3.63) is 23.8 Å². The summed E-state index contributed by atoms with van der Waals surface area (Å²) in [5.41, 5.74) is 1.27. The first kappa shape index (κ1) is 16.1. The highest BCUT2D eigenvalue weighted by Crippen LogP contribution is 2.28. The lowest BCUT2D eigenvalue weighted by atomic mass is 9.99. The van der Waals surface area contributed by atoms with Crippen molar-refractivity contribution in [2.45, 2.75) is 39.4 Å². The van der Waals surface area contributed by atoms with Gasteiger partial charge in [0.05, 0.1) is 14.2 Å². The van der Waals surface area contributed by atoms with Crippen LogP contribution in [0, 0.1) is 5.92 Å². The molecular weight excluding hydrogens is 264 g/mol. The van der Waals surface area contributed by atoms with Gasteiger partial charge in [-0.2, -0.15) is 0 Å². The van der Waals surface area contributed by atoms with E-state index < -0.39 is 0 Å². The molecule has 1 fully saturated rings. The van der Waals surface area contributed by atoms with E-state index in [0.717, 1.165) is 31.1 Å². The third-order valence-electron chi connectivity index (χ3n) is 4.37. The van der Waals surface area contributed by atoms with Gasteiger partial charge < -0.3 is 14.8 Å². The molecule has 21 heavy (non-hydrogen) atoms. The zero-order valence-electron chi connectivity index (χ0n) is 13.8. The number of rotatable bonds is 5. The predicted octanol–water partition coefficient (Wildman–Crippen LogP) is 2.52. The Morgan fingerprint density at radius 1 is 1.24 bits per heavy atom. The number of methoxy groups -OCH3 is 2. The molecule has 4 nitrogen and oxygen atoms in total. The summed E-state index contributed by atoms with van der Waals surface area (Å²) >= 11 is 0. The van der Waals surface area contributed by atoms with E-state index in [-0.39, 0.29) is 0 Å². The minimum atomic E-state index is 0.549. The van der Waals surface area contributed by atoms with E-state index in [1.807, 2.05) is 6.07 Å². The smallest absolute Gasteiger partial charge is 0.161 e. The lowest BCUT2D eigenvalue weighted by Gasteiger charge is -2.40. The van der Waals surface area contributed by atoms with Crippen LogP contribution >= 0.6 is 0 Å². The highest BCUT2D eigenvalue weighted by molar-refractivity contribution is 5.42. The molecule has 4 heteroatoms. The van der Waals surface area contributed by atoms with Gasteiger partial charge in [0.25, 0.3) is 0 Å². The van der Waals surface area contributed by atoms with Crippen LogP contribution in [-0.2, 0) is 6.54 Å².